The zero-order valence-corrected chi connectivity index (χ0v) is 10.9. The van der Waals surface area contributed by atoms with Crippen molar-refractivity contribution in [1.29, 1.82) is 5.26 Å². The fourth-order valence-electron chi connectivity index (χ4n) is 1.38. The molecule has 0 saturated heterocycles. The maximum absolute atomic E-state index is 8.95. The van der Waals surface area contributed by atoms with E-state index in [2.05, 4.69) is 6.07 Å². The topological polar surface area (TPSA) is 59.0 Å². The van der Waals surface area contributed by atoms with Crippen molar-refractivity contribution >= 4 is 11.6 Å². The van der Waals surface area contributed by atoms with Gasteiger partial charge in [0.1, 0.15) is 18.4 Å². The Labute approximate surface area is 107 Å². The first kappa shape index (κ1) is 13.8. The highest BCUT2D eigenvalue weighted by atomic mass is 35.5. The molecule has 0 atom stereocenters. The van der Waals surface area contributed by atoms with Gasteiger partial charge in [0.15, 0.2) is 0 Å². The number of hydrogen-bond donors (Lipinski definition) is 1. The fourth-order valence-corrected chi connectivity index (χ4v) is 1.55. The zero-order chi connectivity index (χ0) is 12.9. The Morgan fingerprint density at radius 1 is 1.41 bits per heavy atom. The molecule has 0 aliphatic rings. The minimum atomic E-state index is -0.352. The lowest BCUT2D eigenvalue weighted by Gasteiger charge is -2.26. The van der Waals surface area contributed by atoms with E-state index < -0.39 is 0 Å². The van der Waals surface area contributed by atoms with E-state index >= 15 is 0 Å². The van der Waals surface area contributed by atoms with Crippen molar-refractivity contribution in [2.24, 2.45) is 5.73 Å². The maximum Gasteiger partial charge on any atom is 0.138 e. The van der Waals surface area contributed by atoms with E-state index in [1.807, 2.05) is 13.8 Å². The third kappa shape index (κ3) is 3.62. The lowest BCUT2D eigenvalue weighted by atomic mass is 9.95. The van der Waals surface area contributed by atoms with Crippen molar-refractivity contribution in [1.82, 2.24) is 0 Å². The van der Waals surface area contributed by atoms with E-state index in [9.17, 15) is 0 Å². The number of halogens is 1. The molecule has 2 N–H and O–H groups in total. The Hall–Kier alpha value is -1.24. The summed E-state index contributed by atoms with van der Waals surface area (Å²) >= 11 is 5.87. The lowest BCUT2D eigenvalue weighted by molar-refractivity contribution is 0.206. The quantitative estimate of drug-likeness (QED) is 0.876. The van der Waals surface area contributed by atoms with Crippen LogP contribution in [0.1, 0.15) is 32.3 Å². The Bertz CT molecular complexity index is 422. The van der Waals surface area contributed by atoms with Crippen molar-refractivity contribution in [3.05, 3.63) is 28.8 Å². The molecule has 17 heavy (non-hydrogen) atoms. The molecule has 1 aromatic carbocycles. The van der Waals surface area contributed by atoms with Crippen LogP contribution in [0.15, 0.2) is 18.2 Å². The molecule has 1 aromatic rings. The van der Waals surface area contributed by atoms with E-state index in [0.29, 0.717) is 22.9 Å². The molecule has 0 unspecified atom stereocenters. The van der Waals surface area contributed by atoms with Crippen LogP contribution in [0.2, 0.25) is 5.02 Å². The normalized spacial score (nSPS) is 11.0. The van der Waals surface area contributed by atoms with Crippen LogP contribution in [-0.4, -0.2) is 12.1 Å². The smallest absolute Gasteiger partial charge is 0.138 e. The van der Waals surface area contributed by atoms with Gasteiger partial charge in [0.2, 0.25) is 0 Å². The molecule has 4 heteroatoms. The average molecular weight is 253 g/mol. The molecule has 0 radical (unpaired) electrons. The highest BCUT2D eigenvalue weighted by Gasteiger charge is 2.21. The number of nitrogens with zero attached hydrogens (tertiary/aromatic N) is 1. The van der Waals surface area contributed by atoms with E-state index in [1.165, 1.54) is 0 Å². The Morgan fingerprint density at radius 3 is 2.59 bits per heavy atom. The summed E-state index contributed by atoms with van der Waals surface area (Å²) in [6.07, 6.45) is 1.65. The Balaban J connectivity index is 2.82. The van der Waals surface area contributed by atoms with Gasteiger partial charge in [-0.05, 0) is 25.0 Å². The lowest BCUT2D eigenvalue weighted by Crippen LogP contribution is -2.44. The van der Waals surface area contributed by atoms with Crippen LogP contribution < -0.4 is 10.5 Å². The second-order valence-corrected chi connectivity index (χ2v) is 4.55. The summed E-state index contributed by atoms with van der Waals surface area (Å²) in [6.45, 7) is 4.43. The predicted molar refractivity (Wildman–Crippen MR) is 69.2 cm³/mol. The monoisotopic (exact) mass is 252 g/mol. The third-order valence-corrected chi connectivity index (χ3v) is 3.22. The first-order valence-electron chi connectivity index (χ1n) is 5.66. The first-order valence-corrected chi connectivity index (χ1v) is 6.03. The maximum atomic E-state index is 8.95. The van der Waals surface area contributed by atoms with E-state index in [-0.39, 0.29) is 5.54 Å². The molecule has 0 bridgehead atoms. The van der Waals surface area contributed by atoms with Crippen molar-refractivity contribution in [3.63, 3.8) is 0 Å². The Kier molecular flexibility index (Phi) is 4.80. The van der Waals surface area contributed by atoms with Gasteiger partial charge in [0, 0.05) is 16.6 Å². The molecular weight excluding hydrogens is 236 g/mol. The van der Waals surface area contributed by atoms with Crippen molar-refractivity contribution < 1.29 is 4.74 Å². The summed E-state index contributed by atoms with van der Waals surface area (Å²) in [7, 11) is 0. The van der Waals surface area contributed by atoms with Crippen LogP contribution in [0.3, 0.4) is 0 Å². The molecular formula is C13H17ClN2O. The van der Waals surface area contributed by atoms with Gasteiger partial charge in [-0.25, -0.2) is 0 Å². The summed E-state index contributed by atoms with van der Waals surface area (Å²) in [5, 5.41) is 9.50. The molecule has 0 spiro atoms. The number of rotatable bonds is 5. The molecule has 0 fully saturated rings. The van der Waals surface area contributed by atoms with Crippen LogP contribution in [-0.2, 0) is 0 Å². The number of hydrogen-bond acceptors (Lipinski definition) is 3. The van der Waals surface area contributed by atoms with Gasteiger partial charge in [0.05, 0.1) is 5.56 Å². The molecule has 3 nitrogen and oxygen atoms in total. The minimum Gasteiger partial charge on any atom is -0.490 e. The van der Waals surface area contributed by atoms with Crippen LogP contribution in [0.5, 0.6) is 5.75 Å². The average Bonchev–Trinajstić information content (AvgIpc) is 2.36. The molecule has 0 aromatic heterocycles. The second-order valence-electron chi connectivity index (χ2n) is 4.11. The third-order valence-electron chi connectivity index (χ3n) is 2.99. The SMILES string of the molecule is CCC(N)(CC)COc1cc(Cl)ccc1C#N. The summed E-state index contributed by atoms with van der Waals surface area (Å²) in [4.78, 5) is 0. The van der Waals surface area contributed by atoms with Gasteiger partial charge in [-0.1, -0.05) is 25.4 Å². The highest BCUT2D eigenvalue weighted by molar-refractivity contribution is 6.30. The molecule has 92 valence electrons. The second kappa shape index (κ2) is 5.90. The standard InChI is InChI=1S/C13H17ClN2O/c1-3-13(16,4-2)9-17-12-7-11(14)6-5-10(12)8-15/h5-7H,3-4,9,16H2,1-2H3. The molecule has 0 aliphatic carbocycles. The number of nitriles is 1. The Morgan fingerprint density at radius 2 is 2.06 bits per heavy atom. The summed E-state index contributed by atoms with van der Waals surface area (Å²) < 4.78 is 5.62. The van der Waals surface area contributed by atoms with Crippen molar-refractivity contribution in [2.75, 3.05) is 6.61 Å². The number of nitrogens with two attached hydrogens (primary N) is 1. The van der Waals surface area contributed by atoms with Gasteiger partial charge in [-0.3, -0.25) is 0 Å². The van der Waals surface area contributed by atoms with Crippen LogP contribution in [0, 0.1) is 11.3 Å². The predicted octanol–water partition coefficient (Wildman–Crippen LogP) is 3.11. The molecule has 0 aliphatic heterocycles. The van der Waals surface area contributed by atoms with Crippen LogP contribution in [0.4, 0.5) is 0 Å². The van der Waals surface area contributed by atoms with Gasteiger partial charge in [-0.2, -0.15) is 5.26 Å². The summed E-state index contributed by atoms with van der Waals surface area (Å²) in [5.74, 6) is 0.497. The van der Waals surface area contributed by atoms with E-state index in [1.54, 1.807) is 18.2 Å². The summed E-state index contributed by atoms with van der Waals surface area (Å²) in [6, 6.07) is 7.03. The van der Waals surface area contributed by atoms with Gasteiger partial charge >= 0.3 is 0 Å². The van der Waals surface area contributed by atoms with E-state index in [4.69, 9.17) is 27.3 Å². The van der Waals surface area contributed by atoms with Gasteiger partial charge in [-0.15, -0.1) is 0 Å². The first-order chi connectivity index (χ1) is 8.04. The largest absolute Gasteiger partial charge is 0.490 e. The minimum absolute atomic E-state index is 0.352. The van der Waals surface area contributed by atoms with Gasteiger partial charge < -0.3 is 10.5 Å². The molecule has 1 rings (SSSR count). The van der Waals surface area contributed by atoms with Crippen LogP contribution >= 0.6 is 11.6 Å². The zero-order valence-electron chi connectivity index (χ0n) is 10.2. The molecule has 0 amide bonds. The van der Waals surface area contributed by atoms with Gasteiger partial charge in [0.25, 0.3) is 0 Å². The summed E-state index contributed by atoms with van der Waals surface area (Å²) in [5.41, 5.74) is 6.26. The highest BCUT2D eigenvalue weighted by Crippen LogP contribution is 2.24. The molecule has 0 heterocycles. The van der Waals surface area contributed by atoms with E-state index in [0.717, 1.165) is 12.8 Å². The van der Waals surface area contributed by atoms with Crippen molar-refractivity contribution in [3.8, 4) is 11.8 Å². The number of ether oxygens (including phenoxy) is 1. The number of benzene rings is 1. The van der Waals surface area contributed by atoms with Crippen LogP contribution in [0.25, 0.3) is 0 Å². The molecule has 0 saturated carbocycles. The fraction of sp³-hybridized carbons (Fsp3) is 0.462. The van der Waals surface area contributed by atoms with Crippen molar-refractivity contribution in [2.45, 2.75) is 32.2 Å².